The van der Waals surface area contributed by atoms with Crippen LogP contribution in [0.25, 0.3) is 0 Å². The van der Waals surface area contributed by atoms with Crippen molar-refractivity contribution in [2.75, 3.05) is 6.61 Å². The number of aromatic amines is 1. The van der Waals surface area contributed by atoms with E-state index >= 15 is 0 Å². The number of guanidine groups is 1. The van der Waals surface area contributed by atoms with Gasteiger partial charge in [-0.15, -0.1) is 29.1 Å². The number of hydrogen-bond acceptors (Lipinski definition) is 4. The maximum absolute atomic E-state index is 12.4. The van der Waals surface area contributed by atoms with Crippen LogP contribution in [0.3, 0.4) is 0 Å². The van der Waals surface area contributed by atoms with E-state index in [9.17, 15) is 13.2 Å². The summed E-state index contributed by atoms with van der Waals surface area (Å²) in [5, 5.41) is 8.34. The number of benzene rings is 1. The number of aliphatic imine (C=N–C) groups is 1. The van der Waals surface area contributed by atoms with Crippen LogP contribution < -0.4 is 15.8 Å². The molecule has 1 atom stereocenters. The molecule has 1 aliphatic heterocycles. The highest BCUT2D eigenvalue weighted by Gasteiger charge is 2.35. The molecule has 3 rings (SSSR count). The van der Waals surface area contributed by atoms with Crippen LogP contribution in [0.4, 0.5) is 13.2 Å². The van der Waals surface area contributed by atoms with Crippen molar-refractivity contribution in [1.29, 1.82) is 0 Å². The van der Waals surface area contributed by atoms with Crippen LogP contribution >= 0.6 is 24.0 Å². The van der Waals surface area contributed by atoms with E-state index in [2.05, 4.69) is 25.5 Å². The SMILES string of the molecule is I.NC(=NCc1nc(C(F)(F)F)n[nH]1)NC1CCOc2ccccc21. The molecule has 0 spiro atoms. The lowest BCUT2D eigenvalue weighted by Gasteiger charge is -2.26. The molecule has 0 saturated carbocycles. The van der Waals surface area contributed by atoms with E-state index < -0.39 is 12.0 Å². The van der Waals surface area contributed by atoms with Crippen molar-refractivity contribution < 1.29 is 17.9 Å². The first-order valence-corrected chi connectivity index (χ1v) is 7.20. The number of alkyl halides is 3. The Bertz CT molecular complexity index is 748. The molecule has 4 N–H and O–H groups in total. The van der Waals surface area contributed by atoms with Crippen LogP contribution in [0, 0.1) is 0 Å². The predicted molar refractivity (Wildman–Crippen MR) is 94.6 cm³/mol. The Hall–Kier alpha value is -2.05. The third kappa shape index (κ3) is 4.74. The van der Waals surface area contributed by atoms with Gasteiger partial charge in [-0.25, -0.2) is 9.98 Å². The van der Waals surface area contributed by atoms with Gasteiger partial charge in [0.15, 0.2) is 5.96 Å². The molecular formula is C14H16F3IN6O. The fourth-order valence-electron chi connectivity index (χ4n) is 2.37. The molecule has 7 nitrogen and oxygen atoms in total. The van der Waals surface area contributed by atoms with Gasteiger partial charge in [-0.3, -0.25) is 5.10 Å². The average molecular weight is 468 g/mol. The minimum absolute atomic E-state index is 0. The first-order chi connectivity index (χ1) is 11.4. The molecular weight excluding hydrogens is 452 g/mol. The van der Waals surface area contributed by atoms with Crippen LogP contribution in [0.1, 0.15) is 29.7 Å². The molecule has 0 saturated heterocycles. The second-order valence-electron chi connectivity index (χ2n) is 5.18. The van der Waals surface area contributed by atoms with Gasteiger partial charge in [-0.2, -0.15) is 13.2 Å². The molecule has 0 radical (unpaired) electrons. The highest BCUT2D eigenvalue weighted by atomic mass is 127. The highest BCUT2D eigenvalue weighted by molar-refractivity contribution is 14.0. The minimum Gasteiger partial charge on any atom is -0.493 e. The zero-order valence-corrected chi connectivity index (χ0v) is 15.2. The van der Waals surface area contributed by atoms with Crippen LogP contribution in [-0.4, -0.2) is 27.7 Å². The van der Waals surface area contributed by atoms with Gasteiger partial charge >= 0.3 is 6.18 Å². The van der Waals surface area contributed by atoms with Crippen molar-refractivity contribution in [2.45, 2.75) is 25.2 Å². The standard InChI is InChI=1S/C14H15F3N6O.HI/c15-14(16,17)12-21-11(22-23-12)7-19-13(18)20-9-5-6-24-10-4-2-1-3-8(9)10;/h1-4,9H,5-7H2,(H3,18,19,20)(H,21,22,23);1H. The summed E-state index contributed by atoms with van der Waals surface area (Å²) in [6.07, 6.45) is -3.89. The fraction of sp³-hybridized carbons (Fsp3) is 0.357. The van der Waals surface area contributed by atoms with Crippen molar-refractivity contribution in [1.82, 2.24) is 20.5 Å². The summed E-state index contributed by atoms with van der Waals surface area (Å²) in [7, 11) is 0. The van der Waals surface area contributed by atoms with Crippen LogP contribution in [-0.2, 0) is 12.7 Å². The summed E-state index contributed by atoms with van der Waals surface area (Å²) in [5.74, 6) is -0.349. The summed E-state index contributed by atoms with van der Waals surface area (Å²) in [4.78, 5) is 7.33. The Balaban J connectivity index is 0.00000225. The van der Waals surface area contributed by atoms with Gasteiger partial charge in [0.05, 0.1) is 12.6 Å². The van der Waals surface area contributed by atoms with Gasteiger partial charge in [0.2, 0.25) is 0 Å². The molecule has 136 valence electrons. The summed E-state index contributed by atoms with van der Waals surface area (Å²) in [6, 6.07) is 7.48. The number of para-hydroxylation sites is 1. The van der Waals surface area contributed by atoms with Gasteiger partial charge in [0.1, 0.15) is 18.1 Å². The molecule has 11 heteroatoms. The molecule has 25 heavy (non-hydrogen) atoms. The number of halogens is 4. The molecule has 0 aliphatic carbocycles. The van der Waals surface area contributed by atoms with Crippen molar-refractivity contribution in [2.24, 2.45) is 10.7 Å². The second-order valence-corrected chi connectivity index (χ2v) is 5.18. The molecule has 1 aliphatic rings. The summed E-state index contributed by atoms with van der Waals surface area (Å²) in [5.41, 5.74) is 6.78. The molecule has 0 bridgehead atoms. The van der Waals surface area contributed by atoms with E-state index in [0.29, 0.717) is 13.0 Å². The summed E-state index contributed by atoms with van der Waals surface area (Å²) in [6.45, 7) is 0.409. The third-order valence-electron chi connectivity index (χ3n) is 3.47. The first-order valence-electron chi connectivity index (χ1n) is 7.20. The number of H-pyrrole nitrogens is 1. The Labute approximate surface area is 158 Å². The number of fused-ring (bicyclic) bond motifs is 1. The zero-order valence-electron chi connectivity index (χ0n) is 12.9. The van der Waals surface area contributed by atoms with E-state index in [4.69, 9.17) is 10.5 Å². The number of nitrogens with zero attached hydrogens (tertiary/aromatic N) is 3. The van der Waals surface area contributed by atoms with E-state index in [-0.39, 0.29) is 48.3 Å². The molecule has 1 aromatic carbocycles. The van der Waals surface area contributed by atoms with Gasteiger partial charge in [-0.05, 0) is 6.07 Å². The first kappa shape index (κ1) is 19.3. The van der Waals surface area contributed by atoms with E-state index in [0.717, 1.165) is 11.3 Å². The Morgan fingerprint density at radius 2 is 2.16 bits per heavy atom. The molecule has 2 aromatic rings. The Kier molecular flexibility index (Phi) is 6.08. The van der Waals surface area contributed by atoms with Gasteiger partial charge < -0.3 is 15.8 Å². The second kappa shape index (κ2) is 7.89. The Morgan fingerprint density at radius 3 is 2.88 bits per heavy atom. The van der Waals surface area contributed by atoms with Gasteiger partial charge in [0.25, 0.3) is 5.82 Å². The van der Waals surface area contributed by atoms with Crippen molar-refractivity contribution >= 4 is 29.9 Å². The Morgan fingerprint density at radius 1 is 1.40 bits per heavy atom. The number of ether oxygens (including phenoxy) is 1. The number of hydrogen-bond donors (Lipinski definition) is 3. The zero-order chi connectivity index (χ0) is 17.2. The lowest BCUT2D eigenvalue weighted by atomic mass is 10.0. The number of aromatic nitrogens is 3. The molecule has 0 amide bonds. The normalized spacial score (nSPS) is 17.2. The molecule has 1 aromatic heterocycles. The number of rotatable bonds is 3. The van der Waals surface area contributed by atoms with Crippen LogP contribution in [0.5, 0.6) is 5.75 Å². The van der Waals surface area contributed by atoms with Crippen molar-refractivity contribution in [3.63, 3.8) is 0 Å². The summed E-state index contributed by atoms with van der Waals surface area (Å²) >= 11 is 0. The average Bonchev–Trinajstić information content (AvgIpc) is 3.03. The lowest BCUT2D eigenvalue weighted by Crippen LogP contribution is -2.37. The maximum atomic E-state index is 12.4. The van der Waals surface area contributed by atoms with Gasteiger partial charge in [-0.1, -0.05) is 18.2 Å². The van der Waals surface area contributed by atoms with Gasteiger partial charge in [0, 0.05) is 12.0 Å². The monoisotopic (exact) mass is 468 g/mol. The highest BCUT2D eigenvalue weighted by Crippen LogP contribution is 2.31. The molecule has 0 fully saturated rings. The topological polar surface area (TPSA) is 101 Å². The largest absolute Gasteiger partial charge is 0.493 e. The predicted octanol–water partition coefficient (Wildman–Crippen LogP) is 2.37. The molecule has 1 unspecified atom stereocenters. The maximum Gasteiger partial charge on any atom is 0.453 e. The summed E-state index contributed by atoms with van der Waals surface area (Å²) < 4.78 is 42.8. The van der Waals surface area contributed by atoms with Crippen LogP contribution in [0.2, 0.25) is 0 Å². The van der Waals surface area contributed by atoms with E-state index in [1.807, 2.05) is 24.3 Å². The van der Waals surface area contributed by atoms with E-state index in [1.54, 1.807) is 0 Å². The minimum atomic E-state index is -4.59. The van der Waals surface area contributed by atoms with Crippen LogP contribution in [0.15, 0.2) is 29.3 Å². The number of nitrogens with one attached hydrogen (secondary N) is 2. The van der Waals surface area contributed by atoms with Crippen molar-refractivity contribution in [3.8, 4) is 5.75 Å². The quantitative estimate of drug-likeness (QED) is 0.365. The fourth-order valence-corrected chi connectivity index (χ4v) is 2.37. The molecule has 2 heterocycles. The lowest BCUT2D eigenvalue weighted by molar-refractivity contribution is -0.144. The third-order valence-corrected chi connectivity index (χ3v) is 3.47. The smallest absolute Gasteiger partial charge is 0.453 e. The van der Waals surface area contributed by atoms with Crippen molar-refractivity contribution in [3.05, 3.63) is 41.5 Å². The number of nitrogens with two attached hydrogens (primary N) is 1. The van der Waals surface area contributed by atoms with E-state index in [1.165, 1.54) is 0 Å².